The van der Waals surface area contributed by atoms with E-state index in [9.17, 15) is 0 Å². The van der Waals surface area contributed by atoms with Gasteiger partial charge in [0.2, 0.25) is 0 Å². The molecule has 1 saturated carbocycles. The van der Waals surface area contributed by atoms with Crippen molar-refractivity contribution in [2.75, 3.05) is 0 Å². The van der Waals surface area contributed by atoms with E-state index in [0.29, 0.717) is 5.41 Å². The summed E-state index contributed by atoms with van der Waals surface area (Å²) < 4.78 is 0. The van der Waals surface area contributed by atoms with Gasteiger partial charge >= 0.3 is 0 Å². The molecule has 0 heterocycles. The first-order valence-corrected chi connectivity index (χ1v) is 7.96. The Morgan fingerprint density at radius 1 is 1.11 bits per heavy atom. The Balaban J connectivity index is 1.53. The molecule has 1 nitrogen and oxygen atoms in total. The van der Waals surface area contributed by atoms with Crippen LogP contribution in [-0.2, 0) is 19.4 Å². The second-order valence-corrected chi connectivity index (χ2v) is 7.28. The molecular formula is C18H27N. The normalized spacial score (nSPS) is 22.4. The van der Waals surface area contributed by atoms with Crippen molar-refractivity contribution in [1.29, 1.82) is 0 Å². The molecular weight excluding hydrogens is 230 g/mol. The summed E-state index contributed by atoms with van der Waals surface area (Å²) in [5.41, 5.74) is 5.24. The number of aryl methyl sites for hydroxylation is 2. The minimum atomic E-state index is 0.575. The van der Waals surface area contributed by atoms with Gasteiger partial charge in [0.25, 0.3) is 0 Å². The van der Waals surface area contributed by atoms with Crippen LogP contribution < -0.4 is 5.32 Å². The molecule has 0 bridgehead atoms. The highest BCUT2D eigenvalue weighted by Gasteiger charge is 2.26. The van der Waals surface area contributed by atoms with Crippen molar-refractivity contribution < 1.29 is 0 Å². The lowest BCUT2D eigenvalue weighted by Crippen LogP contribution is -2.35. The SMILES string of the molecule is CC1(C)CCC(NCc2ccc3c(c2)CCC3)CC1. The number of rotatable bonds is 3. The van der Waals surface area contributed by atoms with Gasteiger partial charge in [0.15, 0.2) is 0 Å². The number of nitrogens with one attached hydrogen (secondary N) is 1. The van der Waals surface area contributed by atoms with E-state index in [4.69, 9.17) is 0 Å². The molecule has 0 aromatic heterocycles. The minimum absolute atomic E-state index is 0.575. The molecule has 1 aromatic carbocycles. The molecule has 0 unspecified atom stereocenters. The van der Waals surface area contributed by atoms with Gasteiger partial charge in [-0.05, 0) is 67.1 Å². The van der Waals surface area contributed by atoms with Crippen molar-refractivity contribution in [3.05, 3.63) is 34.9 Å². The van der Waals surface area contributed by atoms with E-state index < -0.39 is 0 Å². The molecule has 0 aliphatic heterocycles. The Labute approximate surface area is 117 Å². The topological polar surface area (TPSA) is 12.0 Å². The minimum Gasteiger partial charge on any atom is -0.310 e. The van der Waals surface area contributed by atoms with Crippen molar-refractivity contribution in [3.63, 3.8) is 0 Å². The fraction of sp³-hybridized carbons (Fsp3) is 0.667. The molecule has 3 rings (SSSR count). The fourth-order valence-electron chi connectivity index (χ4n) is 3.60. The van der Waals surface area contributed by atoms with Crippen LogP contribution in [0.2, 0.25) is 0 Å². The third-order valence-corrected chi connectivity index (χ3v) is 5.10. The summed E-state index contributed by atoms with van der Waals surface area (Å²) in [5, 5.41) is 3.77. The largest absolute Gasteiger partial charge is 0.310 e. The van der Waals surface area contributed by atoms with Crippen LogP contribution in [0.3, 0.4) is 0 Å². The van der Waals surface area contributed by atoms with E-state index in [1.54, 1.807) is 11.1 Å². The van der Waals surface area contributed by atoms with Crippen LogP contribution in [-0.4, -0.2) is 6.04 Å². The van der Waals surface area contributed by atoms with Crippen molar-refractivity contribution in [3.8, 4) is 0 Å². The Kier molecular flexibility index (Phi) is 3.66. The number of hydrogen-bond acceptors (Lipinski definition) is 1. The van der Waals surface area contributed by atoms with Crippen LogP contribution >= 0.6 is 0 Å². The zero-order chi connectivity index (χ0) is 13.3. The molecule has 19 heavy (non-hydrogen) atoms. The van der Waals surface area contributed by atoms with Crippen LogP contribution in [0, 0.1) is 5.41 Å². The van der Waals surface area contributed by atoms with Crippen molar-refractivity contribution in [2.24, 2.45) is 5.41 Å². The van der Waals surface area contributed by atoms with Crippen LogP contribution in [0.15, 0.2) is 18.2 Å². The summed E-state index contributed by atoms with van der Waals surface area (Å²) >= 11 is 0. The quantitative estimate of drug-likeness (QED) is 0.854. The average Bonchev–Trinajstić information content (AvgIpc) is 2.85. The van der Waals surface area contributed by atoms with Crippen LogP contribution in [0.25, 0.3) is 0 Å². The Morgan fingerprint density at radius 3 is 2.63 bits per heavy atom. The van der Waals surface area contributed by atoms with Crippen molar-refractivity contribution in [1.82, 2.24) is 5.32 Å². The standard InChI is InChI=1S/C18H27N/c1-18(2)10-8-17(9-11-18)19-13-14-6-7-15-4-3-5-16(15)12-14/h6-7,12,17,19H,3-5,8-11,13H2,1-2H3. The van der Waals surface area contributed by atoms with Crippen LogP contribution in [0.1, 0.15) is 62.6 Å². The van der Waals surface area contributed by atoms with Gasteiger partial charge in [-0.25, -0.2) is 0 Å². The zero-order valence-corrected chi connectivity index (χ0v) is 12.5. The predicted molar refractivity (Wildman–Crippen MR) is 81.3 cm³/mol. The third-order valence-electron chi connectivity index (χ3n) is 5.10. The van der Waals surface area contributed by atoms with E-state index in [1.165, 1.54) is 50.5 Å². The molecule has 1 N–H and O–H groups in total. The van der Waals surface area contributed by atoms with Crippen LogP contribution in [0.4, 0.5) is 0 Å². The number of fused-ring (bicyclic) bond motifs is 1. The number of benzene rings is 1. The molecule has 2 aliphatic rings. The summed E-state index contributed by atoms with van der Waals surface area (Å²) in [6.07, 6.45) is 9.37. The molecule has 0 spiro atoms. The van der Waals surface area contributed by atoms with Gasteiger partial charge in [0.1, 0.15) is 0 Å². The first-order chi connectivity index (χ1) is 9.12. The first kappa shape index (κ1) is 13.2. The summed E-state index contributed by atoms with van der Waals surface area (Å²) in [6, 6.07) is 7.84. The van der Waals surface area contributed by atoms with Gasteiger partial charge in [-0.1, -0.05) is 32.0 Å². The second kappa shape index (κ2) is 5.28. The highest BCUT2D eigenvalue weighted by molar-refractivity contribution is 5.35. The molecule has 1 aromatic rings. The predicted octanol–water partition coefficient (Wildman–Crippen LogP) is 4.23. The Morgan fingerprint density at radius 2 is 1.84 bits per heavy atom. The maximum absolute atomic E-state index is 3.77. The molecule has 0 amide bonds. The summed E-state index contributed by atoms with van der Waals surface area (Å²) in [6.45, 7) is 5.87. The van der Waals surface area contributed by atoms with Crippen molar-refractivity contribution in [2.45, 2.75) is 71.4 Å². The van der Waals surface area contributed by atoms with E-state index in [2.05, 4.69) is 37.4 Å². The highest BCUT2D eigenvalue weighted by Crippen LogP contribution is 2.35. The van der Waals surface area contributed by atoms with E-state index in [-0.39, 0.29) is 0 Å². The van der Waals surface area contributed by atoms with Gasteiger partial charge < -0.3 is 5.32 Å². The lowest BCUT2D eigenvalue weighted by molar-refractivity contribution is 0.206. The maximum Gasteiger partial charge on any atom is 0.0208 e. The van der Waals surface area contributed by atoms with Gasteiger partial charge in [-0.2, -0.15) is 0 Å². The van der Waals surface area contributed by atoms with E-state index in [1.807, 2.05) is 0 Å². The first-order valence-electron chi connectivity index (χ1n) is 7.96. The fourth-order valence-corrected chi connectivity index (χ4v) is 3.60. The molecule has 0 saturated heterocycles. The summed E-state index contributed by atoms with van der Waals surface area (Å²) in [5.74, 6) is 0. The van der Waals surface area contributed by atoms with Crippen LogP contribution in [0.5, 0.6) is 0 Å². The molecule has 2 aliphatic carbocycles. The van der Waals surface area contributed by atoms with Gasteiger partial charge in [-0.15, -0.1) is 0 Å². The monoisotopic (exact) mass is 257 g/mol. The van der Waals surface area contributed by atoms with Crippen molar-refractivity contribution >= 4 is 0 Å². The molecule has 0 radical (unpaired) electrons. The number of hydrogen-bond donors (Lipinski definition) is 1. The average molecular weight is 257 g/mol. The van der Waals surface area contributed by atoms with E-state index in [0.717, 1.165) is 12.6 Å². The lowest BCUT2D eigenvalue weighted by atomic mass is 9.75. The van der Waals surface area contributed by atoms with E-state index >= 15 is 0 Å². The lowest BCUT2D eigenvalue weighted by Gasteiger charge is -2.34. The maximum atomic E-state index is 3.77. The Bertz CT molecular complexity index is 437. The smallest absolute Gasteiger partial charge is 0.0208 e. The Hall–Kier alpha value is -0.820. The zero-order valence-electron chi connectivity index (χ0n) is 12.5. The summed E-state index contributed by atoms with van der Waals surface area (Å²) in [7, 11) is 0. The van der Waals surface area contributed by atoms with Gasteiger partial charge in [-0.3, -0.25) is 0 Å². The van der Waals surface area contributed by atoms with Gasteiger partial charge in [0, 0.05) is 12.6 Å². The molecule has 1 heteroatoms. The van der Waals surface area contributed by atoms with Gasteiger partial charge in [0.05, 0.1) is 0 Å². The molecule has 104 valence electrons. The molecule has 1 fully saturated rings. The third kappa shape index (κ3) is 3.20. The molecule has 0 atom stereocenters. The summed E-state index contributed by atoms with van der Waals surface area (Å²) in [4.78, 5) is 0. The highest BCUT2D eigenvalue weighted by atomic mass is 14.9. The second-order valence-electron chi connectivity index (χ2n) is 7.28.